The van der Waals surface area contributed by atoms with Gasteiger partial charge < -0.3 is 9.80 Å². The molecule has 0 unspecified atom stereocenters. The van der Waals surface area contributed by atoms with Crippen LogP contribution in [0, 0.1) is 0 Å². The van der Waals surface area contributed by atoms with Crippen LogP contribution >= 0.6 is 0 Å². The summed E-state index contributed by atoms with van der Waals surface area (Å²) in [5, 5.41) is 2.59. The third-order valence-electron chi connectivity index (χ3n) is 5.77. The molecule has 0 saturated carbocycles. The molecule has 0 radical (unpaired) electrons. The zero-order chi connectivity index (χ0) is 19.5. The Morgan fingerprint density at radius 2 is 1.54 bits per heavy atom. The van der Waals surface area contributed by atoms with Crippen LogP contribution in [-0.4, -0.2) is 36.0 Å². The van der Waals surface area contributed by atoms with Crippen LogP contribution in [0.15, 0.2) is 72.8 Å². The number of amides is 1. The van der Waals surface area contributed by atoms with Crippen molar-refractivity contribution in [1.29, 1.82) is 0 Å². The molecule has 3 nitrogen and oxygen atoms in total. The maximum atomic E-state index is 12.8. The number of benzene rings is 3. The molecule has 1 aliphatic heterocycles. The summed E-state index contributed by atoms with van der Waals surface area (Å²) in [6, 6.07) is 25.7. The molecule has 0 aliphatic carbocycles. The molecule has 0 spiro atoms. The van der Waals surface area contributed by atoms with Gasteiger partial charge in [0.25, 0.3) is 5.91 Å². The van der Waals surface area contributed by atoms with Gasteiger partial charge in [-0.15, -0.1) is 0 Å². The molecule has 1 fully saturated rings. The van der Waals surface area contributed by atoms with Crippen LogP contribution in [-0.2, 0) is 0 Å². The number of fused-ring (bicyclic) bond motifs is 1. The Hall–Kier alpha value is -2.81. The molecule has 1 heterocycles. The first-order chi connectivity index (χ1) is 13.6. The van der Waals surface area contributed by atoms with E-state index in [2.05, 4.69) is 61.2 Å². The monoisotopic (exact) mass is 372 g/mol. The number of piperidine rings is 1. The smallest absolute Gasteiger partial charge is 0.253 e. The van der Waals surface area contributed by atoms with Crippen LogP contribution in [0.25, 0.3) is 10.8 Å². The van der Waals surface area contributed by atoms with Crippen LogP contribution in [0.4, 0.5) is 5.69 Å². The number of carbonyl (C=O) groups is 1. The van der Waals surface area contributed by atoms with Gasteiger partial charge in [0.15, 0.2) is 0 Å². The molecule has 0 N–H and O–H groups in total. The van der Waals surface area contributed by atoms with E-state index in [4.69, 9.17) is 0 Å². The van der Waals surface area contributed by atoms with E-state index in [0.717, 1.165) is 31.5 Å². The summed E-state index contributed by atoms with van der Waals surface area (Å²) in [6.45, 7) is 6.16. The molecule has 4 rings (SSSR count). The number of nitrogens with zero attached hydrogens (tertiary/aromatic N) is 2. The fourth-order valence-electron chi connectivity index (χ4n) is 4.44. The van der Waals surface area contributed by atoms with E-state index in [9.17, 15) is 4.79 Å². The average molecular weight is 373 g/mol. The van der Waals surface area contributed by atoms with Crippen molar-refractivity contribution in [2.24, 2.45) is 0 Å². The molecule has 0 aromatic heterocycles. The molecule has 1 saturated heterocycles. The second-order valence-electron chi connectivity index (χ2n) is 7.89. The van der Waals surface area contributed by atoms with Crippen molar-refractivity contribution in [2.75, 3.05) is 18.0 Å². The van der Waals surface area contributed by atoms with Gasteiger partial charge in [-0.05, 0) is 50.3 Å². The third-order valence-corrected chi connectivity index (χ3v) is 5.77. The molecule has 3 aromatic carbocycles. The second-order valence-corrected chi connectivity index (χ2v) is 7.89. The van der Waals surface area contributed by atoms with Crippen LogP contribution in [0.3, 0.4) is 0 Å². The lowest BCUT2D eigenvalue weighted by molar-refractivity contribution is 0.0711. The van der Waals surface area contributed by atoms with Gasteiger partial charge in [0, 0.05) is 41.8 Å². The summed E-state index contributed by atoms with van der Waals surface area (Å²) in [7, 11) is 0. The minimum absolute atomic E-state index is 0.153. The van der Waals surface area contributed by atoms with Gasteiger partial charge in [-0.25, -0.2) is 0 Å². The van der Waals surface area contributed by atoms with Gasteiger partial charge in [0.1, 0.15) is 0 Å². The largest absolute Gasteiger partial charge is 0.365 e. The van der Waals surface area contributed by atoms with Crippen LogP contribution < -0.4 is 4.90 Å². The second kappa shape index (κ2) is 8.05. The minimum atomic E-state index is 0.153. The topological polar surface area (TPSA) is 23.6 Å². The third kappa shape index (κ3) is 3.62. The standard InChI is InChI=1S/C25H28N2O/c1-19(2)27(24-14-8-12-20-9-6-7-13-23(20)24)22-15-17-26(18-16-22)25(28)21-10-4-3-5-11-21/h3-14,19,22H,15-18H2,1-2H3. The summed E-state index contributed by atoms with van der Waals surface area (Å²) in [5.74, 6) is 0.153. The maximum absolute atomic E-state index is 12.8. The highest BCUT2D eigenvalue weighted by Crippen LogP contribution is 2.32. The van der Waals surface area contributed by atoms with E-state index in [-0.39, 0.29) is 5.91 Å². The summed E-state index contributed by atoms with van der Waals surface area (Å²) >= 11 is 0. The molecule has 144 valence electrons. The summed E-state index contributed by atoms with van der Waals surface area (Å²) in [5.41, 5.74) is 2.09. The van der Waals surface area contributed by atoms with Crippen molar-refractivity contribution in [3.8, 4) is 0 Å². The molecular formula is C25H28N2O. The van der Waals surface area contributed by atoms with Gasteiger partial charge in [0.2, 0.25) is 0 Å². The highest BCUT2D eigenvalue weighted by atomic mass is 16.2. The van der Waals surface area contributed by atoms with Crippen molar-refractivity contribution >= 4 is 22.4 Å². The molecule has 3 aromatic rings. The van der Waals surface area contributed by atoms with Crippen LogP contribution in [0.5, 0.6) is 0 Å². The molecule has 1 aliphatic rings. The number of anilines is 1. The van der Waals surface area contributed by atoms with Gasteiger partial charge in [0.05, 0.1) is 0 Å². The Balaban J connectivity index is 1.54. The number of likely N-dealkylation sites (tertiary alicyclic amines) is 1. The van der Waals surface area contributed by atoms with E-state index in [1.54, 1.807) is 0 Å². The van der Waals surface area contributed by atoms with Crippen molar-refractivity contribution in [3.05, 3.63) is 78.4 Å². The van der Waals surface area contributed by atoms with Gasteiger partial charge in [-0.2, -0.15) is 0 Å². The first-order valence-corrected chi connectivity index (χ1v) is 10.3. The van der Waals surface area contributed by atoms with Crippen molar-refractivity contribution in [1.82, 2.24) is 4.90 Å². The summed E-state index contributed by atoms with van der Waals surface area (Å²) in [6.07, 6.45) is 2.00. The number of carbonyl (C=O) groups excluding carboxylic acids is 1. The molecule has 1 amide bonds. The van der Waals surface area contributed by atoms with E-state index in [1.165, 1.54) is 16.5 Å². The zero-order valence-electron chi connectivity index (χ0n) is 16.7. The SMILES string of the molecule is CC(C)N(c1cccc2ccccc12)C1CCN(C(=O)c2ccccc2)CC1. The number of hydrogen-bond acceptors (Lipinski definition) is 2. The van der Waals surface area contributed by atoms with E-state index in [1.807, 2.05) is 35.2 Å². The maximum Gasteiger partial charge on any atom is 0.253 e. The van der Waals surface area contributed by atoms with Gasteiger partial charge in [-0.1, -0.05) is 54.6 Å². The average Bonchev–Trinajstić information content (AvgIpc) is 2.74. The Morgan fingerprint density at radius 3 is 2.25 bits per heavy atom. The van der Waals surface area contributed by atoms with Crippen molar-refractivity contribution in [3.63, 3.8) is 0 Å². The Kier molecular flexibility index (Phi) is 5.34. The van der Waals surface area contributed by atoms with Gasteiger partial charge >= 0.3 is 0 Å². The van der Waals surface area contributed by atoms with Crippen molar-refractivity contribution < 1.29 is 4.79 Å². The van der Waals surface area contributed by atoms with E-state index >= 15 is 0 Å². The molecule has 0 atom stereocenters. The first-order valence-electron chi connectivity index (χ1n) is 10.3. The fraction of sp³-hybridized carbons (Fsp3) is 0.320. The zero-order valence-corrected chi connectivity index (χ0v) is 16.7. The Labute approximate surface area is 167 Å². The minimum Gasteiger partial charge on any atom is -0.365 e. The quantitative estimate of drug-likeness (QED) is 0.615. The number of hydrogen-bond donors (Lipinski definition) is 0. The lowest BCUT2D eigenvalue weighted by Crippen LogP contribution is -2.49. The first kappa shape index (κ1) is 18.5. The highest BCUT2D eigenvalue weighted by Gasteiger charge is 2.29. The lowest BCUT2D eigenvalue weighted by atomic mass is 9.98. The van der Waals surface area contributed by atoms with Crippen LogP contribution in [0.1, 0.15) is 37.0 Å². The highest BCUT2D eigenvalue weighted by molar-refractivity contribution is 5.95. The summed E-state index contributed by atoms with van der Waals surface area (Å²) < 4.78 is 0. The number of rotatable bonds is 4. The van der Waals surface area contributed by atoms with Crippen LogP contribution in [0.2, 0.25) is 0 Å². The normalized spacial score (nSPS) is 15.2. The summed E-state index contributed by atoms with van der Waals surface area (Å²) in [4.78, 5) is 17.3. The predicted octanol–water partition coefficient (Wildman–Crippen LogP) is 5.36. The molecular weight excluding hydrogens is 344 g/mol. The lowest BCUT2D eigenvalue weighted by Gasteiger charge is -2.42. The molecule has 3 heteroatoms. The van der Waals surface area contributed by atoms with Crippen molar-refractivity contribution in [2.45, 2.75) is 38.8 Å². The molecule has 28 heavy (non-hydrogen) atoms. The van der Waals surface area contributed by atoms with Gasteiger partial charge in [-0.3, -0.25) is 4.79 Å². The predicted molar refractivity (Wildman–Crippen MR) is 117 cm³/mol. The van der Waals surface area contributed by atoms with E-state index < -0.39 is 0 Å². The Morgan fingerprint density at radius 1 is 0.893 bits per heavy atom. The molecule has 0 bridgehead atoms. The Bertz CT molecular complexity index is 938. The van der Waals surface area contributed by atoms with E-state index in [0.29, 0.717) is 12.1 Å². The fourth-order valence-corrected chi connectivity index (χ4v) is 4.44.